The zero-order valence-electron chi connectivity index (χ0n) is 11.9. The lowest BCUT2D eigenvalue weighted by molar-refractivity contribution is -0.142. The van der Waals surface area contributed by atoms with Gasteiger partial charge in [0.15, 0.2) is 0 Å². The Balaban J connectivity index is 2.29. The summed E-state index contributed by atoms with van der Waals surface area (Å²) in [5.41, 5.74) is 0.377. The van der Waals surface area contributed by atoms with E-state index in [1.165, 1.54) is 18.6 Å². The van der Waals surface area contributed by atoms with Crippen LogP contribution in [-0.4, -0.2) is 35.5 Å². The number of nitrogens with one attached hydrogen (secondary N) is 2. The highest BCUT2D eigenvalue weighted by atomic mass is 16.4. The van der Waals surface area contributed by atoms with Crippen molar-refractivity contribution in [2.75, 3.05) is 6.54 Å². The van der Waals surface area contributed by atoms with Gasteiger partial charge in [0.1, 0.15) is 12.3 Å². The molecule has 21 heavy (non-hydrogen) atoms. The van der Waals surface area contributed by atoms with E-state index in [-0.39, 0.29) is 18.9 Å². The number of carboxylic acids is 1. The first-order chi connectivity index (χ1) is 10.0. The standard InChI is InChI=1S/C14H20N2O5/c1-2-3-4-11(14(19)20)16-12(17)5-7-15-13(18)10-6-8-21-9-10/h6,8-9,11H,2-5,7H2,1H3,(H,15,18)(H,16,17)(H,19,20)/t11-/m0/s1. The molecular formula is C14H20N2O5. The molecule has 1 heterocycles. The molecule has 0 aliphatic rings. The highest BCUT2D eigenvalue weighted by molar-refractivity contribution is 5.94. The van der Waals surface area contributed by atoms with Crippen LogP contribution < -0.4 is 10.6 Å². The van der Waals surface area contributed by atoms with Gasteiger partial charge in [0.2, 0.25) is 5.91 Å². The number of unbranched alkanes of at least 4 members (excludes halogenated alkanes) is 1. The van der Waals surface area contributed by atoms with Crippen molar-refractivity contribution < 1.29 is 23.9 Å². The Morgan fingerprint density at radius 1 is 1.38 bits per heavy atom. The summed E-state index contributed by atoms with van der Waals surface area (Å²) in [6.07, 6.45) is 4.71. The van der Waals surface area contributed by atoms with Gasteiger partial charge in [-0.3, -0.25) is 9.59 Å². The largest absolute Gasteiger partial charge is 0.480 e. The number of carboxylic acid groups (broad SMARTS) is 1. The van der Waals surface area contributed by atoms with Crippen LogP contribution in [-0.2, 0) is 9.59 Å². The highest BCUT2D eigenvalue weighted by Gasteiger charge is 2.19. The molecule has 0 bridgehead atoms. The molecule has 0 spiro atoms. The number of carbonyl (C=O) groups excluding carboxylic acids is 2. The van der Waals surface area contributed by atoms with E-state index in [0.717, 1.165) is 12.8 Å². The Labute approximate surface area is 122 Å². The summed E-state index contributed by atoms with van der Waals surface area (Å²) < 4.78 is 4.77. The van der Waals surface area contributed by atoms with E-state index in [9.17, 15) is 14.4 Å². The van der Waals surface area contributed by atoms with Gasteiger partial charge in [-0.2, -0.15) is 0 Å². The predicted molar refractivity (Wildman–Crippen MR) is 74.7 cm³/mol. The summed E-state index contributed by atoms with van der Waals surface area (Å²) in [5.74, 6) is -1.78. The maximum atomic E-state index is 11.6. The first-order valence-electron chi connectivity index (χ1n) is 6.87. The summed E-state index contributed by atoms with van der Waals surface area (Å²) in [5, 5.41) is 14.0. The van der Waals surface area contributed by atoms with Crippen LogP contribution in [0.25, 0.3) is 0 Å². The molecule has 1 rings (SSSR count). The Hall–Kier alpha value is -2.31. The lowest BCUT2D eigenvalue weighted by Crippen LogP contribution is -2.41. The van der Waals surface area contributed by atoms with Crippen molar-refractivity contribution in [2.45, 2.75) is 38.6 Å². The molecule has 7 heteroatoms. The van der Waals surface area contributed by atoms with Gasteiger partial charge in [0, 0.05) is 13.0 Å². The molecule has 1 atom stereocenters. The molecule has 7 nitrogen and oxygen atoms in total. The van der Waals surface area contributed by atoms with Crippen molar-refractivity contribution in [2.24, 2.45) is 0 Å². The molecule has 0 aliphatic heterocycles. The average molecular weight is 296 g/mol. The molecule has 0 saturated heterocycles. The third-order valence-corrected chi connectivity index (χ3v) is 2.90. The van der Waals surface area contributed by atoms with Gasteiger partial charge in [0.25, 0.3) is 5.91 Å². The fourth-order valence-corrected chi connectivity index (χ4v) is 1.72. The van der Waals surface area contributed by atoms with Crippen molar-refractivity contribution in [1.29, 1.82) is 0 Å². The second-order valence-electron chi connectivity index (χ2n) is 4.62. The second-order valence-corrected chi connectivity index (χ2v) is 4.62. The summed E-state index contributed by atoms with van der Waals surface area (Å²) in [6.45, 7) is 2.09. The number of aliphatic carboxylic acids is 1. The van der Waals surface area contributed by atoms with Crippen molar-refractivity contribution in [3.8, 4) is 0 Å². The molecule has 0 aliphatic carbocycles. The number of carbonyl (C=O) groups is 3. The lowest BCUT2D eigenvalue weighted by atomic mass is 10.1. The number of amides is 2. The summed E-state index contributed by atoms with van der Waals surface area (Å²) in [6, 6.07) is 0.641. The van der Waals surface area contributed by atoms with Gasteiger partial charge in [-0.15, -0.1) is 0 Å². The third kappa shape index (κ3) is 6.11. The van der Waals surface area contributed by atoms with E-state index >= 15 is 0 Å². The van der Waals surface area contributed by atoms with E-state index in [1.807, 2.05) is 6.92 Å². The van der Waals surface area contributed by atoms with Crippen LogP contribution in [0.5, 0.6) is 0 Å². The normalized spacial score (nSPS) is 11.7. The minimum Gasteiger partial charge on any atom is -0.480 e. The Kier molecular flexibility index (Phi) is 7.00. The quantitative estimate of drug-likeness (QED) is 0.633. The van der Waals surface area contributed by atoms with Crippen LogP contribution in [0, 0.1) is 0 Å². The molecule has 1 aromatic heterocycles. The second kappa shape index (κ2) is 8.78. The summed E-state index contributed by atoms with van der Waals surface area (Å²) in [7, 11) is 0. The SMILES string of the molecule is CCCC[C@H](NC(=O)CCNC(=O)c1ccoc1)C(=O)O. The number of furan rings is 1. The third-order valence-electron chi connectivity index (χ3n) is 2.90. The molecule has 2 amide bonds. The highest BCUT2D eigenvalue weighted by Crippen LogP contribution is 2.02. The summed E-state index contributed by atoms with van der Waals surface area (Å²) in [4.78, 5) is 34.2. The topological polar surface area (TPSA) is 109 Å². The van der Waals surface area contributed by atoms with Gasteiger partial charge in [-0.25, -0.2) is 4.79 Å². The number of hydrogen-bond donors (Lipinski definition) is 3. The number of rotatable bonds is 9. The molecule has 0 fully saturated rings. The minimum atomic E-state index is -1.04. The Bertz CT molecular complexity index is 470. The van der Waals surface area contributed by atoms with Crippen LogP contribution >= 0.6 is 0 Å². The smallest absolute Gasteiger partial charge is 0.326 e. The first kappa shape index (κ1) is 16.7. The molecule has 1 aromatic rings. The minimum absolute atomic E-state index is 0.0273. The van der Waals surface area contributed by atoms with Crippen molar-refractivity contribution in [1.82, 2.24) is 10.6 Å². The fourth-order valence-electron chi connectivity index (χ4n) is 1.72. The van der Waals surface area contributed by atoms with Gasteiger partial charge in [-0.05, 0) is 12.5 Å². The predicted octanol–water partition coefficient (Wildman–Crippen LogP) is 1.16. The van der Waals surface area contributed by atoms with Crippen molar-refractivity contribution in [3.05, 3.63) is 24.2 Å². The average Bonchev–Trinajstić information content (AvgIpc) is 2.97. The molecule has 0 unspecified atom stereocenters. The van der Waals surface area contributed by atoms with Crippen molar-refractivity contribution >= 4 is 17.8 Å². The molecule has 0 saturated carbocycles. The van der Waals surface area contributed by atoms with Crippen LogP contribution in [0.1, 0.15) is 43.0 Å². The molecule has 116 valence electrons. The zero-order valence-corrected chi connectivity index (χ0v) is 11.9. The lowest BCUT2D eigenvalue weighted by Gasteiger charge is -2.14. The fraction of sp³-hybridized carbons (Fsp3) is 0.500. The Morgan fingerprint density at radius 2 is 2.14 bits per heavy atom. The van der Waals surface area contributed by atoms with E-state index < -0.39 is 17.9 Å². The maximum Gasteiger partial charge on any atom is 0.326 e. The zero-order chi connectivity index (χ0) is 15.7. The number of hydrogen-bond acceptors (Lipinski definition) is 4. The van der Waals surface area contributed by atoms with Crippen LogP contribution in [0.3, 0.4) is 0 Å². The summed E-state index contributed by atoms with van der Waals surface area (Å²) >= 11 is 0. The monoisotopic (exact) mass is 296 g/mol. The van der Waals surface area contributed by atoms with E-state index in [1.54, 1.807) is 0 Å². The molecular weight excluding hydrogens is 276 g/mol. The van der Waals surface area contributed by atoms with E-state index in [2.05, 4.69) is 10.6 Å². The van der Waals surface area contributed by atoms with Gasteiger partial charge in [-0.1, -0.05) is 19.8 Å². The molecule has 3 N–H and O–H groups in total. The van der Waals surface area contributed by atoms with Crippen LogP contribution in [0.4, 0.5) is 0 Å². The van der Waals surface area contributed by atoms with Gasteiger partial charge in [0.05, 0.1) is 11.8 Å². The molecule has 0 radical (unpaired) electrons. The van der Waals surface area contributed by atoms with Crippen LogP contribution in [0.15, 0.2) is 23.0 Å². The van der Waals surface area contributed by atoms with Gasteiger partial charge < -0.3 is 20.2 Å². The van der Waals surface area contributed by atoms with E-state index in [0.29, 0.717) is 12.0 Å². The molecule has 0 aromatic carbocycles. The van der Waals surface area contributed by atoms with Crippen LogP contribution in [0.2, 0.25) is 0 Å². The maximum absolute atomic E-state index is 11.6. The first-order valence-corrected chi connectivity index (χ1v) is 6.87. The van der Waals surface area contributed by atoms with Gasteiger partial charge >= 0.3 is 5.97 Å². The van der Waals surface area contributed by atoms with E-state index in [4.69, 9.17) is 9.52 Å². The van der Waals surface area contributed by atoms with Crippen molar-refractivity contribution in [3.63, 3.8) is 0 Å². The Morgan fingerprint density at radius 3 is 2.71 bits per heavy atom.